The van der Waals surface area contributed by atoms with E-state index in [0.29, 0.717) is 28.3 Å². The minimum Gasteiger partial charge on any atom is -0.507 e. The van der Waals surface area contributed by atoms with Crippen LogP contribution in [-0.2, 0) is 9.59 Å². The van der Waals surface area contributed by atoms with Gasteiger partial charge in [-0.15, -0.1) is 0 Å². The van der Waals surface area contributed by atoms with Crippen LogP contribution < -0.4 is 19.3 Å². The smallest absolute Gasteiger partial charge is 0.300 e. The van der Waals surface area contributed by atoms with Gasteiger partial charge in [-0.3, -0.25) is 14.5 Å². The lowest BCUT2D eigenvalue weighted by Gasteiger charge is -2.27. The molecular formula is C29H30N2O5. The van der Waals surface area contributed by atoms with Crippen molar-refractivity contribution in [1.29, 1.82) is 0 Å². The Kier molecular flexibility index (Phi) is 7.29. The van der Waals surface area contributed by atoms with Gasteiger partial charge < -0.3 is 19.5 Å². The van der Waals surface area contributed by atoms with E-state index in [4.69, 9.17) is 9.47 Å². The van der Waals surface area contributed by atoms with Crippen LogP contribution in [0.2, 0.25) is 0 Å². The van der Waals surface area contributed by atoms with Gasteiger partial charge >= 0.3 is 0 Å². The fourth-order valence-corrected chi connectivity index (χ4v) is 4.54. The van der Waals surface area contributed by atoms with Crippen molar-refractivity contribution in [3.63, 3.8) is 0 Å². The van der Waals surface area contributed by atoms with Crippen molar-refractivity contribution < 1.29 is 24.2 Å². The highest BCUT2D eigenvalue weighted by Crippen LogP contribution is 2.43. The fraction of sp³-hybridized carbons (Fsp3) is 0.241. The number of methoxy groups -OCH3 is 2. The number of hydrogen-bond acceptors (Lipinski definition) is 6. The zero-order chi connectivity index (χ0) is 25.8. The Labute approximate surface area is 211 Å². The lowest BCUT2D eigenvalue weighted by atomic mass is 9.95. The molecule has 0 saturated carbocycles. The van der Waals surface area contributed by atoms with Gasteiger partial charge in [0.1, 0.15) is 17.3 Å². The number of hydrogen-bond donors (Lipinski definition) is 1. The quantitative estimate of drug-likeness (QED) is 0.269. The summed E-state index contributed by atoms with van der Waals surface area (Å²) in [6.07, 6.45) is 0. The van der Waals surface area contributed by atoms with E-state index in [9.17, 15) is 14.7 Å². The number of Topliss-reactive ketones (excluding diaryl/α,β-unsaturated/α-hetero) is 1. The highest BCUT2D eigenvalue weighted by Gasteiger charge is 2.47. The van der Waals surface area contributed by atoms with E-state index in [1.54, 1.807) is 56.7 Å². The van der Waals surface area contributed by atoms with E-state index in [1.807, 2.05) is 30.3 Å². The maximum atomic E-state index is 13.4. The number of ether oxygens (including phenoxy) is 2. The van der Waals surface area contributed by atoms with Crippen LogP contribution >= 0.6 is 0 Å². The first-order chi connectivity index (χ1) is 17.4. The summed E-state index contributed by atoms with van der Waals surface area (Å²) in [4.78, 5) is 30.4. The molecule has 3 aromatic carbocycles. The lowest BCUT2D eigenvalue weighted by Crippen LogP contribution is -2.29. The van der Waals surface area contributed by atoms with E-state index in [2.05, 4.69) is 18.7 Å². The third-order valence-corrected chi connectivity index (χ3v) is 6.47. The number of benzene rings is 3. The predicted molar refractivity (Wildman–Crippen MR) is 141 cm³/mol. The van der Waals surface area contributed by atoms with Crippen molar-refractivity contribution in [2.45, 2.75) is 19.9 Å². The van der Waals surface area contributed by atoms with Crippen molar-refractivity contribution in [2.24, 2.45) is 0 Å². The van der Waals surface area contributed by atoms with Crippen molar-refractivity contribution in [3.8, 4) is 11.5 Å². The number of aliphatic hydroxyl groups excluding tert-OH is 1. The molecule has 0 aromatic heterocycles. The first kappa shape index (κ1) is 24.9. The topological polar surface area (TPSA) is 79.3 Å². The van der Waals surface area contributed by atoms with Gasteiger partial charge in [0.25, 0.3) is 11.7 Å². The third kappa shape index (κ3) is 4.52. The molecule has 1 amide bonds. The van der Waals surface area contributed by atoms with Crippen LogP contribution in [0.4, 0.5) is 11.4 Å². The Morgan fingerprint density at radius 1 is 0.889 bits per heavy atom. The summed E-state index contributed by atoms with van der Waals surface area (Å²) in [5.41, 5.74) is 2.67. The minimum absolute atomic E-state index is 0.0197. The molecule has 0 spiro atoms. The first-order valence-corrected chi connectivity index (χ1v) is 11.9. The van der Waals surface area contributed by atoms with Gasteiger partial charge in [0.05, 0.1) is 25.8 Å². The van der Waals surface area contributed by atoms with Crippen molar-refractivity contribution in [1.82, 2.24) is 0 Å². The molecule has 36 heavy (non-hydrogen) atoms. The highest BCUT2D eigenvalue weighted by molar-refractivity contribution is 6.51. The Hall–Kier alpha value is -4.26. The van der Waals surface area contributed by atoms with Crippen molar-refractivity contribution in [2.75, 3.05) is 37.1 Å². The normalized spacial score (nSPS) is 16.8. The summed E-state index contributed by atoms with van der Waals surface area (Å²) < 4.78 is 10.6. The van der Waals surface area contributed by atoms with E-state index in [-0.39, 0.29) is 11.3 Å². The average molecular weight is 487 g/mol. The summed E-state index contributed by atoms with van der Waals surface area (Å²) in [5.74, 6) is -0.493. The zero-order valence-electron chi connectivity index (χ0n) is 20.9. The molecule has 0 bridgehead atoms. The van der Waals surface area contributed by atoms with Gasteiger partial charge in [-0.2, -0.15) is 0 Å². The largest absolute Gasteiger partial charge is 0.507 e. The molecule has 1 saturated heterocycles. The number of anilines is 2. The Bertz CT molecular complexity index is 1280. The zero-order valence-corrected chi connectivity index (χ0v) is 20.9. The van der Waals surface area contributed by atoms with E-state index >= 15 is 0 Å². The monoisotopic (exact) mass is 486 g/mol. The van der Waals surface area contributed by atoms with Crippen molar-refractivity contribution in [3.05, 3.63) is 89.5 Å². The molecule has 1 unspecified atom stereocenters. The number of carbonyl (C=O) groups excluding carboxylic acids is 2. The molecule has 4 rings (SSSR count). The summed E-state index contributed by atoms with van der Waals surface area (Å²) in [6.45, 7) is 5.87. The van der Waals surface area contributed by atoms with Crippen LogP contribution in [0.5, 0.6) is 11.5 Å². The second-order valence-electron chi connectivity index (χ2n) is 8.36. The van der Waals surface area contributed by atoms with Gasteiger partial charge in [0.15, 0.2) is 0 Å². The molecule has 3 aromatic rings. The van der Waals surface area contributed by atoms with Gasteiger partial charge in [-0.25, -0.2) is 0 Å². The fourth-order valence-electron chi connectivity index (χ4n) is 4.54. The molecule has 1 fully saturated rings. The van der Waals surface area contributed by atoms with Gasteiger partial charge in [-0.05, 0) is 80.1 Å². The van der Waals surface area contributed by atoms with Crippen LogP contribution in [0.15, 0.2) is 78.4 Å². The van der Waals surface area contributed by atoms with E-state index in [0.717, 1.165) is 18.8 Å². The standard InChI is InChI=1S/C29H30N2O5/c1-5-30(6-2)21-12-14-22(15-13-21)31-26(20-8-7-9-24(18-20)36-4)25(28(33)29(31)34)27(32)19-10-16-23(35-3)17-11-19/h7-18,26,32H,5-6H2,1-4H3/b27-25-. The Morgan fingerprint density at radius 3 is 2.11 bits per heavy atom. The second-order valence-corrected chi connectivity index (χ2v) is 8.36. The Balaban J connectivity index is 1.87. The van der Waals surface area contributed by atoms with Crippen LogP contribution in [-0.4, -0.2) is 44.1 Å². The first-order valence-electron chi connectivity index (χ1n) is 11.9. The van der Waals surface area contributed by atoms with Crippen LogP contribution in [0, 0.1) is 0 Å². The molecule has 1 aliphatic rings. The summed E-state index contributed by atoms with van der Waals surface area (Å²) >= 11 is 0. The number of aliphatic hydroxyl groups is 1. The highest BCUT2D eigenvalue weighted by atomic mass is 16.5. The third-order valence-electron chi connectivity index (χ3n) is 6.47. The maximum absolute atomic E-state index is 13.4. The predicted octanol–water partition coefficient (Wildman–Crippen LogP) is 5.18. The molecule has 1 aliphatic heterocycles. The lowest BCUT2D eigenvalue weighted by molar-refractivity contribution is -0.132. The molecule has 1 atom stereocenters. The molecule has 0 aliphatic carbocycles. The molecule has 1 heterocycles. The summed E-state index contributed by atoms with van der Waals surface area (Å²) in [7, 11) is 3.11. The summed E-state index contributed by atoms with van der Waals surface area (Å²) in [5, 5.41) is 11.3. The van der Waals surface area contributed by atoms with Gasteiger partial charge in [-0.1, -0.05) is 12.1 Å². The molecule has 7 nitrogen and oxygen atoms in total. The van der Waals surface area contributed by atoms with E-state index in [1.165, 1.54) is 4.90 Å². The van der Waals surface area contributed by atoms with Gasteiger partial charge in [0, 0.05) is 30.0 Å². The molecule has 186 valence electrons. The molecule has 1 N–H and O–H groups in total. The molecule has 0 radical (unpaired) electrons. The van der Waals surface area contributed by atoms with Crippen LogP contribution in [0.1, 0.15) is 31.0 Å². The number of ketones is 1. The number of nitrogens with zero attached hydrogens (tertiary/aromatic N) is 2. The van der Waals surface area contributed by atoms with Crippen LogP contribution in [0.25, 0.3) is 5.76 Å². The number of carbonyl (C=O) groups is 2. The minimum atomic E-state index is -0.832. The van der Waals surface area contributed by atoms with Gasteiger partial charge in [0.2, 0.25) is 0 Å². The maximum Gasteiger partial charge on any atom is 0.300 e. The molecular weight excluding hydrogens is 456 g/mol. The van der Waals surface area contributed by atoms with Crippen LogP contribution in [0.3, 0.4) is 0 Å². The van der Waals surface area contributed by atoms with Crippen molar-refractivity contribution >= 4 is 28.8 Å². The number of rotatable bonds is 8. The summed E-state index contributed by atoms with van der Waals surface area (Å²) in [6, 6.07) is 20.6. The van der Waals surface area contributed by atoms with E-state index < -0.39 is 17.7 Å². The Morgan fingerprint density at radius 2 is 1.53 bits per heavy atom. The SMILES string of the molecule is CCN(CC)c1ccc(N2C(=O)C(=O)/C(=C(\O)c3ccc(OC)cc3)C2c2cccc(OC)c2)cc1. The molecule has 7 heteroatoms. The number of amides is 1. The average Bonchev–Trinajstić information content (AvgIpc) is 3.19. The second kappa shape index (κ2) is 10.6.